The van der Waals surface area contributed by atoms with Crippen LogP contribution >= 0.6 is 34.8 Å². The van der Waals surface area contributed by atoms with Crippen molar-refractivity contribution in [1.29, 1.82) is 0 Å². The maximum Gasteiger partial charge on any atom is 0.249 e. The molecule has 3 unspecified atom stereocenters. The van der Waals surface area contributed by atoms with Crippen LogP contribution in [0.3, 0.4) is 0 Å². The molecule has 4 heterocycles. The molecule has 9 nitrogen and oxygen atoms in total. The Morgan fingerprint density at radius 1 is 1.05 bits per heavy atom. The molecule has 2 fully saturated rings. The number of hydrogen-bond acceptors (Lipinski definition) is 7. The first-order chi connectivity index (χ1) is 18.9. The number of aliphatic imine (C=N–C) groups is 1. The molecule has 1 spiro atoms. The van der Waals surface area contributed by atoms with Crippen molar-refractivity contribution in [2.24, 2.45) is 10.9 Å². The first kappa shape index (κ1) is 28.1. The number of hydrogen-bond donors (Lipinski definition) is 2. The molecule has 2 aromatic carbocycles. The standard InChI is InChI=1S/C27H31Cl3N6O3S/c1-4-16(2)23-25(37)36-15-27(36)14-35(40(38,39)22-12-19(29)18(28)11-20(22)30)10-9-34(27)13-26(3)32-21-8-6-5-7-17(21)24(31-23)33-26/h5-8,11-12,16,23,32H,4,9-10,13-15H2,1-3H3,(H,31,33)/t16?,23-,26?,27?,36?/m0/s1. The number of anilines is 1. The van der Waals surface area contributed by atoms with E-state index in [2.05, 4.69) is 22.5 Å². The van der Waals surface area contributed by atoms with Crippen molar-refractivity contribution in [2.75, 3.05) is 38.0 Å². The number of para-hydroxylation sites is 1. The van der Waals surface area contributed by atoms with E-state index < -0.39 is 27.4 Å². The van der Waals surface area contributed by atoms with Crippen LogP contribution in [0.2, 0.25) is 15.1 Å². The highest BCUT2D eigenvalue weighted by atomic mass is 35.5. The van der Waals surface area contributed by atoms with Crippen LogP contribution in [0.15, 0.2) is 46.3 Å². The van der Waals surface area contributed by atoms with Crippen molar-refractivity contribution < 1.29 is 13.2 Å². The Morgan fingerprint density at radius 3 is 2.52 bits per heavy atom. The summed E-state index contributed by atoms with van der Waals surface area (Å²) in [6, 6.07) is 9.96. The van der Waals surface area contributed by atoms with Gasteiger partial charge >= 0.3 is 0 Å². The topological polar surface area (TPSA) is 97.1 Å². The molecule has 0 aromatic heterocycles. The first-order valence-corrected chi connectivity index (χ1v) is 15.9. The normalized spacial score (nSPS) is 29.2. The van der Waals surface area contributed by atoms with E-state index in [1.807, 2.05) is 38.1 Å². The Balaban J connectivity index is 1.40. The number of nitrogens with one attached hydrogen (secondary N) is 2. The van der Waals surface area contributed by atoms with Gasteiger partial charge in [-0.15, -0.1) is 0 Å². The average molecular weight is 626 g/mol. The molecule has 2 N–H and O–H groups in total. The molecule has 13 heteroatoms. The fraction of sp³-hybridized carbons (Fsp3) is 0.481. The number of halogens is 3. The van der Waals surface area contributed by atoms with Crippen LogP contribution in [0.25, 0.3) is 0 Å². The van der Waals surface area contributed by atoms with E-state index in [0.717, 1.165) is 17.7 Å². The summed E-state index contributed by atoms with van der Waals surface area (Å²) in [5, 5.41) is 7.51. The van der Waals surface area contributed by atoms with Gasteiger partial charge in [-0.1, -0.05) is 67.2 Å². The van der Waals surface area contributed by atoms with Gasteiger partial charge < -0.3 is 15.5 Å². The molecular formula is C27H31Cl3N6O3S. The molecule has 2 saturated heterocycles. The Morgan fingerprint density at radius 2 is 1.77 bits per heavy atom. The molecule has 1 amide bonds. The molecule has 4 aliphatic heterocycles. The van der Waals surface area contributed by atoms with Crippen molar-refractivity contribution >= 4 is 62.3 Å². The van der Waals surface area contributed by atoms with E-state index in [9.17, 15) is 13.2 Å². The van der Waals surface area contributed by atoms with Gasteiger partial charge in [-0.05, 0) is 37.1 Å². The Labute approximate surface area is 249 Å². The minimum Gasteiger partial charge on any atom is -0.361 e. The van der Waals surface area contributed by atoms with Crippen molar-refractivity contribution in [2.45, 2.75) is 49.5 Å². The number of amidine groups is 1. The molecule has 4 aliphatic rings. The number of carbonyl (C=O) groups excluding carboxylic acids is 1. The number of rotatable bonds is 4. The molecule has 0 aliphatic carbocycles. The fourth-order valence-electron chi connectivity index (χ4n) is 6.05. The quantitative estimate of drug-likeness (QED) is 0.393. The number of piperazine rings is 1. The summed E-state index contributed by atoms with van der Waals surface area (Å²) < 4.78 is 29.1. The fourth-order valence-corrected chi connectivity index (χ4v) is 8.50. The van der Waals surface area contributed by atoms with Gasteiger partial charge in [-0.2, -0.15) is 4.31 Å². The second-order valence-corrected chi connectivity index (χ2v) is 14.4. The molecule has 214 valence electrons. The van der Waals surface area contributed by atoms with Gasteiger partial charge in [0.2, 0.25) is 15.9 Å². The molecule has 2 bridgehead atoms. The predicted octanol–water partition coefficient (Wildman–Crippen LogP) is 4.10. The second-order valence-electron chi connectivity index (χ2n) is 11.3. The summed E-state index contributed by atoms with van der Waals surface area (Å²) in [6.07, 6.45) is 0.769. The Kier molecular flexibility index (Phi) is 6.84. The van der Waals surface area contributed by atoms with Crippen LogP contribution in [0.5, 0.6) is 0 Å². The number of carbonyl (C=O) groups is 1. The lowest BCUT2D eigenvalue weighted by molar-refractivity contribution is -0.132. The van der Waals surface area contributed by atoms with Gasteiger partial charge in [0.25, 0.3) is 0 Å². The zero-order valence-electron chi connectivity index (χ0n) is 22.4. The maximum absolute atomic E-state index is 14.1. The first-order valence-electron chi connectivity index (χ1n) is 13.3. The molecule has 4 atom stereocenters. The van der Waals surface area contributed by atoms with E-state index in [0.29, 0.717) is 25.5 Å². The number of nitrogens with zero attached hydrogens (tertiary/aromatic N) is 4. The third kappa shape index (κ3) is 4.48. The summed E-state index contributed by atoms with van der Waals surface area (Å²) >= 11 is 18.6. The van der Waals surface area contributed by atoms with E-state index >= 15 is 0 Å². The van der Waals surface area contributed by atoms with Crippen molar-refractivity contribution in [1.82, 2.24) is 19.4 Å². The number of sulfonamides is 1. The molecule has 0 saturated carbocycles. The Bertz CT molecular complexity index is 1540. The summed E-state index contributed by atoms with van der Waals surface area (Å²) in [5.74, 6) is 0.583. The minimum atomic E-state index is -4.02. The van der Waals surface area contributed by atoms with Crippen LogP contribution in [-0.2, 0) is 14.8 Å². The van der Waals surface area contributed by atoms with Crippen LogP contribution in [0.1, 0.15) is 32.8 Å². The number of benzene rings is 2. The van der Waals surface area contributed by atoms with Crippen LogP contribution in [0, 0.1) is 5.92 Å². The second kappa shape index (κ2) is 9.74. The van der Waals surface area contributed by atoms with Gasteiger partial charge in [0.05, 0.1) is 28.2 Å². The van der Waals surface area contributed by atoms with Gasteiger partial charge in [0, 0.05) is 30.9 Å². The maximum atomic E-state index is 14.1. The van der Waals surface area contributed by atoms with Gasteiger partial charge in [0.1, 0.15) is 28.1 Å². The monoisotopic (exact) mass is 624 g/mol. The largest absolute Gasteiger partial charge is 0.361 e. The molecule has 2 aromatic rings. The van der Waals surface area contributed by atoms with E-state index in [4.69, 9.17) is 39.8 Å². The average Bonchev–Trinajstić information content (AvgIpc) is 3.63. The molecule has 0 radical (unpaired) electrons. The zero-order valence-corrected chi connectivity index (χ0v) is 25.5. The molecular weight excluding hydrogens is 595 g/mol. The smallest absolute Gasteiger partial charge is 0.249 e. The number of amides is 1. The molecule has 6 rings (SSSR count). The summed E-state index contributed by atoms with van der Waals surface area (Å²) in [4.78, 5) is 23.0. The lowest BCUT2D eigenvalue weighted by atomic mass is 9.96. The van der Waals surface area contributed by atoms with Crippen molar-refractivity contribution in [3.63, 3.8) is 0 Å². The highest BCUT2D eigenvalue weighted by Gasteiger charge is 2.64. The van der Waals surface area contributed by atoms with Crippen LogP contribution < -0.4 is 10.6 Å². The minimum absolute atomic E-state index is 0.00416. The van der Waals surface area contributed by atoms with Gasteiger partial charge in [0.15, 0.2) is 0 Å². The van der Waals surface area contributed by atoms with Crippen molar-refractivity contribution in [3.8, 4) is 0 Å². The molecule has 40 heavy (non-hydrogen) atoms. The van der Waals surface area contributed by atoms with Crippen LogP contribution in [0.4, 0.5) is 5.69 Å². The third-order valence-electron chi connectivity index (χ3n) is 8.50. The van der Waals surface area contributed by atoms with Gasteiger partial charge in [-0.3, -0.25) is 14.7 Å². The SMILES string of the molecule is CCC(C)[C@@H]1N=C2NC(C)(CN3CCN(S(=O)(=O)c4cc(Cl)c(Cl)cc4Cl)CC34CN4C1=O)Nc1ccccc12. The highest BCUT2D eigenvalue weighted by molar-refractivity contribution is 7.89. The number of fused-ring (bicyclic) bond motifs is 4. The van der Waals surface area contributed by atoms with Crippen molar-refractivity contribution in [3.05, 3.63) is 57.0 Å². The summed E-state index contributed by atoms with van der Waals surface area (Å²) in [6.45, 7) is 7.82. The summed E-state index contributed by atoms with van der Waals surface area (Å²) in [5.41, 5.74) is 0.458. The Hall–Kier alpha value is -2.08. The lowest BCUT2D eigenvalue weighted by Gasteiger charge is -2.48. The van der Waals surface area contributed by atoms with E-state index in [-0.39, 0.29) is 44.9 Å². The van der Waals surface area contributed by atoms with Crippen LogP contribution in [-0.4, -0.2) is 84.4 Å². The van der Waals surface area contributed by atoms with E-state index in [1.165, 1.54) is 16.4 Å². The summed E-state index contributed by atoms with van der Waals surface area (Å²) in [7, 11) is -4.02. The predicted molar refractivity (Wildman–Crippen MR) is 158 cm³/mol. The van der Waals surface area contributed by atoms with E-state index in [1.54, 1.807) is 4.90 Å². The highest BCUT2D eigenvalue weighted by Crippen LogP contribution is 2.44. The van der Waals surface area contributed by atoms with Gasteiger partial charge in [-0.25, -0.2) is 8.42 Å². The third-order valence-corrected chi connectivity index (χ3v) is 11.5. The zero-order chi connectivity index (χ0) is 28.6. The lowest BCUT2D eigenvalue weighted by Crippen LogP contribution is -2.68.